The van der Waals surface area contributed by atoms with Crippen molar-refractivity contribution in [3.05, 3.63) is 34.9 Å². The zero-order valence-electron chi connectivity index (χ0n) is 9.54. The number of benzene rings is 1. The quantitative estimate of drug-likeness (QED) is 0.361. The molecule has 0 bridgehead atoms. The second-order valence-electron chi connectivity index (χ2n) is 3.42. The van der Waals surface area contributed by atoms with Crippen LogP contribution in [0.5, 0.6) is 0 Å². The third kappa shape index (κ3) is 4.49. The first kappa shape index (κ1) is 17.6. The van der Waals surface area contributed by atoms with Crippen LogP contribution in [0.15, 0.2) is 29.4 Å². The van der Waals surface area contributed by atoms with Crippen molar-refractivity contribution in [1.82, 2.24) is 0 Å². The highest BCUT2D eigenvalue weighted by molar-refractivity contribution is 7.87. The molecule has 0 aliphatic rings. The summed E-state index contributed by atoms with van der Waals surface area (Å²) in [5, 5.41) is 2.13. The lowest BCUT2D eigenvalue weighted by Gasteiger charge is -2.11. The molecule has 118 valence electrons. The van der Waals surface area contributed by atoms with Crippen molar-refractivity contribution in [3.8, 4) is 0 Å². The molecule has 0 heterocycles. The minimum atomic E-state index is -6.28. The Morgan fingerprint density at radius 3 is 1.90 bits per heavy atom. The maximum absolute atomic E-state index is 12.7. The first-order valence-electron chi connectivity index (χ1n) is 4.75. The van der Waals surface area contributed by atoms with Crippen LogP contribution in [0.25, 0.3) is 0 Å². The zero-order valence-corrected chi connectivity index (χ0v) is 11.1. The van der Waals surface area contributed by atoms with E-state index in [0.717, 1.165) is 24.3 Å². The van der Waals surface area contributed by atoms with E-state index in [-0.39, 0.29) is 5.02 Å². The molecule has 12 heteroatoms. The van der Waals surface area contributed by atoms with Gasteiger partial charge in [0, 0.05) is 10.6 Å². The number of halogens is 7. The Morgan fingerprint density at radius 1 is 1.05 bits per heavy atom. The van der Waals surface area contributed by atoms with E-state index in [1.807, 2.05) is 0 Å². The molecule has 0 aliphatic heterocycles. The lowest BCUT2D eigenvalue weighted by atomic mass is 10.1. The highest BCUT2D eigenvalue weighted by Gasteiger charge is 2.49. The minimum Gasteiger partial charge on any atom is -0.261 e. The summed E-state index contributed by atoms with van der Waals surface area (Å²) in [6, 6.07) is 3.60. The summed E-state index contributed by atoms with van der Waals surface area (Å²) < 4.78 is 97.9. The molecule has 0 unspecified atom stereocenters. The normalized spacial score (nSPS) is 14.1. The highest BCUT2D eigenvalue weighted by Crippen LogP contribution is 2.27. The Bertz CT molecular complexity index is 635. The van der Waals surface area contributed by atoms with E-state index < -0.39 is 33.1 Å². The van der Waals surface area contributed by atoms with E-state index >= 15 is 0 Å². The fourth-order valence-electron chi connectivity index (χ4n) is 1.00. The first-order valence-corrected chi connectivity index (χ1v) is 6.54. The number of oxime groups is 1. The number of hydrogen-bond acceptors (Lipinski definition) is 4. The fourth-order valence-corrected chi connectivity index (χ4v) is 1.39. The van der Waals surface area contributed by atoms with Crippen molar-refractivity contribution < 1.29 is 39.0 Å². The van der Waals surface area contributed by atoms with Gasteiger partial charge in [-0.1, -0.05) is 28.9 Å². The number of rotatable bonds is 3. The Kier molecular flexibility index (Phi) is 4.78. The van der Waals surface area contributed by atoms with Gasteiger partial charge in [0.05, 0.1) is 0 Å². The van der Waals surface area contributed by atoms with Gasteiger partial charge in [-0.15, -0.1) is 0 Å². The van der Waals surface area contributed by atoms with Crippen LogP contribution in [-0.2, 0) is 14.4 Å². The van der Waals surface area contributed by atoms with Crippen LogP contribution in [0, 0.1) is 0 Å². The van der Waals surface area contributed by atoms with Crippen molar-refractivity contribution in [1.29, 1.82) is 0 Å². The van der Waals surface area contributed by atoms with E-state index in [4.69, 9.17) is 11.6 Å². The van der Waals surface area contributed by atoms with Gasteiger partial charge in [0.1, 0.15) is 0 Å². The van der Waals surface area contributed by atoms with E-state index in [1.165, 1.54) is 0 Å². The average Bonchev–Trinajstić information content (AvgIpc) is 2.28. The Hall–Kier alpha value is -1.49. The SMILES string of the molecule is O=S(=O)(ON=C(c1ccc(Cl)cc1)C(F)(F)F)C(F)(F)F. The average molecular weight is 356 g/mol. The predicted molar refractivity (Wildman–Crippen MR) is 60.1 cm³/mol. The summed E-state index contributed by atoms with van der Waals surface area (Å²) in [6.07, 6.45) is -5.24. The van der Waals surface area contributed by atoms with Crippen molar-refractivity contribution in [2.45, 2.75) is 11.7 Å². The molecule has 1 aromatic carbocycles. The summed E-state index contributed by atoms with van der Waals surface area (Å²) >= 11 is 5.44. The maximum Gasteiger partial charge on any atom is 0.536 e. The second-order valence-corrected chi connectivity index (χ2v) is 5.38. The van der Waals surface area contributed by atoms with Gasteiger partial charge in [-0.2, -0.15) is 34.8 Å². The smallest absolute Gasteiger partial charge is 0.261 e. The fraction of sp³-hybridized carbons (Fsp3) is 0.222. The number of hydrogen-bond donors (Lipinski definition) is 0. The molecule has 4 nitrogen and oxygen atoms in total. The summed E-state index contributed by atoms with van der Waals surface area (Å²) in [5.74, 6) is 0. The summed E-state index contributed by atoms with van der Waals surface area (Å²) in [5.41, 5.74) is -8.57. The van der Waals surface area contributed by atoms with Gasteiger partial charge in [-0.3, -0.25) is 4.28 Å². The molecule has 1 aromatic rings. The molecule has 0 saturated carbocycles. The number of nitrogens with zero attached hydrogens (tertiary/aromatic N) is 1. The van der Waals surface area contributed by atoms with Gasteiger partial charge < -0.3 is 0 Å². The van der Waals surface area contributed by atoms with Crippen LogP contribution in [0.2, 0.25) is 5.02 Å². The lowest BCUT2D eigenvalue weighted by molar-refractivity contribution is -0.0633. The van der Waals surface area contributed by atoms with E-state index in [1.54, 1.807) is 0 Å². The van der Waals surface area contributed by atoms with Crippen molar-refractivity contribution in [2.24, 2.45) is 5.16 Å². The Morgan fingerprint density at radius 2 is 1.52 bits per heavy atom. The molecule has 1 rings (SSSR count). The van der Waals surface area contributed by atoms with Crippen LogP contribution in [0.1, 0.15) is 5.56 Å². The summed E-state index contributed by atoms with van der Waals surface area (Å²) in [7, 11) is -6.28. The predicted octanol–water partition coefficient (Wildman–Crippen LogP) is 3.47. The van der Waals surface area contributed by atoms with Crippen LogP contribution in [0.3, 0.4) is 0 Å². The Balaban J connectivity index is 3.23. The summed E-state index contributed by atoms with van der Waals surface area (Å²) in [4.78, 5) is 0. The highest BCUT2D eigenvalue weighted by atomic mass is 35.5. The molecule has 0 aliphatic carbocycles. The third-order valence-corrected chi connectivity index (χ3v) is 2.99. The Labute approximate surface area is 119 Å². The van der Waals surface area contributed by atoms with Gasteiger partial charge in [-0.05, 0) is 12.1 Å². The van der Waals surface area contributed by atoms with E-state index in [0.29, 0.717) is 0 Å². The van der Waals surface area contributed by atoms with Crippen LogP contribution in [-0.4, -0.2) is 25.8 Å². The van der Waals surface area contributed by atoms with E-state index in [9.17, 15) is 34.8 Å². The van der Waals surface area contributed by atoms with Gasteiger partial charge >= 0.3 is 21.8 Å². The molecule has 0 spiro atoms. The standard InChI is InChI=1S/C9H4ClF6NO3S/c10-6-3-1-5(2-4-6)7(8(11,12)13)17-20-21(18,19)9(14,15)16/h1-4H. The van der Waals surface area contributed by atoms with Crippen LogP contribution >= 0.6 is 11.6 Å². The monoisotopic (exact) mass is 355 g/mol. The largest absolute Gasteiger partial charge is 0.536 e. The summed E-state index contributed by atoms with van der Waals surface area (Å²) in [6.45, 7) is 0. The van der Waals surface area contributed by atoms with E-state index in [2.05, 4.69) is 9.44 Å². The van der Waals surface area contributed by atoms with Crippen molar-refractivity contribution in [2.75, 3.05) is 0 Å². The lowest BCUT2D eigenvalue weighted by Crippen LogP contribution is -2.28. The zero-order chi connectivity index (χ0) is 16.5. The topological polar surface area (TPSA) is 55.7 Å². The first-order chi connectivity index (χ1) is 9.34. The van der Waals surface area contributed by atoms with Gasteiger partial charge in [0.25, 0.3) is 0 Å². The molecule has 0 fully saturated rings. The molecule has 0 atom stereocenters. The maximum atomic E-state index is 12.7. The minimum absolute atomic E-state index is 0.0594. The van der Waals surface area contributed by atoms with Crippen LogP contribution < -0.4 is 0 Å². The molecule has 0 saturated heterocycles. The van der Waals surface area contributed by atoms with Gasteiger partial charge in [0.15, 0.2) is 5.71 Å². The van der Waals surface area contributed by atoms with Crippen LogP contribution in [0.4, 0.5) is 26.3 Å². The molecule has 21 heavy (non-hydrogen) atoms. The molecular weight excluding hydrogens is 352 g/mol. The molecule has 0 N–H and O–H groups in total. The van der Waals surface area contributed by atoms with Crippen molar-refractivity contribution in [3.63, 3.8) is 0 Å². The van der Waals surface area contributed by atoms with Crippen molar-refractivity contribution >= 4 is 27.4 Å². The van der Waals surface area contributed by atoms with Gasteiger partial charge in [0.2, 0.25) is 0 Å². The molecule has 0 radical (unpaired) electrons. The van der Waals surface area contributed by atoms with Gasteiger partial charge in [-0.25, -0.2) is 0 Å². The molecule has 0 amide bonds. The molecule has 0 aromatic heterocycles. The third-order valence-electron chi connectivity index (χ3n) is 1.90. The molecular formula is C9H4ClF6NO3S. The number of alkyl halides is 6. The second kappa shape index (κ2) is 5.72.